The van der Waals surface area contributed by atoms with Crippen LogP contribution in [0, 0.1) is 0 Å². The molecule has 1 N–H and O–H groups in total. The van der Waals surface area contributed by atoms with Crippen LogP contribution >= 0.6 is 0 Å². The fourth-order valence-electron chi connectivity index (χ4n) is 1.71. The van der Waals surface area contributed by atoms with Gasteiger partial charge in [0.1, 0.15) is 12.4 Å². The molecule has 1 rings (SSSR count). The molecule has 0 spiro atoms. The Morgan fingerprint density at radius 2 is 1.90 bits per heavy atom. The van der Waals surface area contributed by atoms with Gasteiger partial charge < -0.3 is 14.8 Å². The van der Waals surface area contributed by atoms with E-state index in [-0.39, 0.29) is 25.0 Å². The maximum absolute atomic E-state index is 13.1. The molecule has 120 valence electrons. The van der Waals surface area contributed by atoms with Crippen molar-refractivity contribution in [3.63, 3.8) is 0 Å². The summed E-state index contributed by atoms with van der Waals surface area (Å²) < 4.78 is 49.4. The van der Waals surface area contributed by atoms with Crippen molar-refractivity contribution in [1.29, 1.82) is 0 Å². The van der Waals surface area contributed by atoms with Gasteiger partial charge in [0.05, 0.1) is 12.2 Å². The first-order valence-electron chi connectivity index (χ1n) is 6.98. The zero-order chi connectivity index (χ0) is 15.9. The number of hydrogen-bond donors (Lipinski definition) is 1. The van der Waals surface area contributed by atoms with Gasteiger partial charge in [-0.1, -0.05) is 19.9 Å². The Morgan fingerprint density at radius 1 is 1.19 bits per heavy atom. The molecule has 0 bridgehead atoms. The van der Waals surface area contributed by atoms with E-state index in [1.54, 1.807) is 6.07 Å². The average Bonchev–Trinajstić information content (AvgIpc) is 2.41. The summed E-state index contributed by atoms with van der Waals surface area (Å²) in [5.41, 5.74) is -0.171. The van der Waals surface area contributed by atoms with Gasteiger partial charge in [0.25, 0.3) is 0 Å². The molecular formula is C15H22F3NO2. The maximum Gasteiger partial charge on any atom is 0.419 e. The Labute approximate surface area is 123 Å². The molecule has 0 atom stereocenters. The number of rotatable bonds is 8. The lowest BCUT2D eigenvalue weighted by Gasteiger charge is -2.16. The molecule has 0 saturated heterocycles. The summed E-state index contributed by atoms with van der Waals surface area (Å²) in [6.45, 7) is 6.96. The van der Waals surface area contributed by atoms with Gasteiger partial charge in [-0.25, -0.2) is 0 Å². The van der Waals surface area contributed by atoms with E-state index < -0.39 is 11.7 Å². The van der Waals surface area contributed by atoms with Crippen molar-refractivity contribution < 1.29 is 22.6 Å². The molecule has 3 nitrogen and oxygen atoms in total. The van der Waals surface area contributed by atoms with E-state index in [4.69, 9.17) is 9.47 Å². The monoisotopic (exact) mass is 305 g/mol. The molecule has 1 aromatic rings. The summed E-state index contributed by atoms with van der Waals surface area (Å²) in [5.74, 6) is -0.157. The number of benzene rings is 1. The Morgan fingerprint density at radius 3 is 2.48 bits per heavy atom. The molecular weight excluding hydrogens is 283 g/mol. The SMILES string of the molecule is CCOCCOc1ccc(CNC(C)C)cc1C(F)(F)F. The third-order valence-corrected chi connectivity index (χ3v) is 2.75. The summed E-state index contributed by atoms with van der Waals surface area (Å²) in [4.78, 5) is 0. The van der Waals surface area contributed by atoms with Gasteiger partial charge in [-0.3, -0.25) is 0 Å². The van der Waals surface area contributed by atoms with E-state index in [1.807, 2.05) is 20.8 Å². The second-order valence-corrected chi connectivity index (χ2v) is 4.91. The van der Waals surface area contributed by atoms with Gasteiger partial charge in [-0.15, -0.1) is 0 Å². The van der Waals surface area contributed by atoms with Crippen molar-refractivity contribution in [3.05, 3.63) is 29.3 Å². The quantitative estimate of drug-likeness (QED) is 0.744. The zero-order valence-electron chi connectivity index (χ0n) is 12.6. The number of halogens is 3. The van der Waals surface area contributed by atoms with Crippen LogP contribution in [0.2, 0.25) is 0 Å². The van der Waals surface area contributed by atoms with E-state index in [1.165, 1.54) is 6.07 Å². The molecule has 0 radical (unpaired) electrons. The van der Waals surface area contributed by atoms with Crippen LogP contribution in [0.4, 0.5) is 13.2 Å². The van der Waals surface area contributed by atoms with E-state index in [0.717, 1.165) is 6.07 Å². The Bertz CT molecular complexity index is 433. The highest BCUT2D eigenvalue weighted by atomic mass is 19.4. The van der Waals surface area contributed by atoms with Crippen LogP contribution < -0.4 is 10.1 Å². The molecule has 21 heavy (non-hydrogen) atoms. The first kappa shape index (κ1) is 17.8. The first-order valence-corrected chi connectivity index (χ1v) is 6.98. The second kappa shape index (κ2) is 8.24. The highest BCUT2D eigenvalue weighted by Crippen LogP contribution is 2.36. The number of nitrogens with one attached hydrogen (secondary N) is 1. The zero-order valence-corrected chi connectivity index (χ0v) is 12.6. The Hall–Kier alpha value is -1.27. The van der Waals surface area contributed by atoms with Gasteiger partial charge >= 0.3 is 6.18 Å². The standard InChI is InChI=1S/C15H22F3NO2/c1-4-20-7-8-21-14-6-5-12(10-19-11(2)3)9-13(14)15(16,17)18/h5-6,9,11,19H,4,7-8,10H2,1-3H3. The minimum absolute atomic E-state index is 0.0977. The molecule has 0 aliphatic rings. The molecule has 0 aromatic heterocycles. The van der Waals surface area contributed by atoms with Crippen molar-refractivity contribution in [2.75, 3.05) is 19.8 Å². The smallest absolute Gasteiger partial charge is 0.419 e. The summed E-state index contributed by atoms with van der Waals surface area (Å²) in [6.07, 6.45) is -4.44. The van der Waals surface area contributed by atoms with Crippen molar-refractivity contribution >= 4 is 0 Å². The maximum atomic E-state index is 13.1. The fraction of sp³-hybridized carbons (Fsp3) is 0.600. The minimum atomic E-state index is -4.44. The summed E-state index contributed by atoms with van der Waals surface area (Å²) >= 11 is 0. The molecule has 0 unspecified atom stereocenters. The average molecular weight is 305 g/mol. The minimum Gasteiger partial charge on any atom is -0.491 e. The van der Waals surface area contributed by atoms with Crippen LogP contribution in [0.15, 0.2) is 18.2 Å². The van der Waals surface area contributed by atoms with Crippen molar-refractivity contribution in [1.82, 2.24) is 5.32 Å². The number of ether oxygens (including phenoxy) is 2. The molecule has 0 aliphatic carbocycles. The normalized spacial score (nSPS) is 12.0. The fourth-order valence-corrected chi connectivity index (χ4v) is 1.71. The predicted molar refractivity (Wildman–Crippen MR) is 75.4 cm³/mol. The van der Waals surface area contributed by atoms with Crippen molar-refractivity contribution in [2.45, 2.75) is 39.5 Å². The van der Waals surface area contributed by atoms with Gasteiger partial charge in [0, 0.05) is 19.2 Å². The van der Waals surface area contributed by atoms with Crippen LogP contribution in [-0.2, 0) is 17.5 Å². The number of alkyl halides is 3. The van der Waals surface area contributed by atoms with Gasteiger partial charge in [-0.05, 0) is 24.6 Å². The van der Waals surface area contributed by atoms with E-state index in [2.05, 4.69) is 5.32 Å². The third-order valence-electron chi connectivity index (χ3n) is 2.75. The van der Waals surface area contributed by atoms with Crippen LogP contribution in [0.25, 0.3) is 0 Å². The second-order valence-electron chi connectivity index (χ2n) is 4.91. The first-order chi connectivity index (χ1) is 9.84. The lowest BCUT2D eigenvalue weighted by atomic mass is 10.1. The Kier molecular flexibility index (Phi) is 6.98. The summed E-state index contributed by atoms with van der Waals surface area (Å²) in [6, 6.07) is 4.35. The van der Waals surface area contributed by atoms with Gasteiger partial charge in [0.15, 0.2) is 0 Å². The highest BCUT2D eigenvalue weighted by Gasteiger charge is 2.34. The largest absolute Gasteiger partial charge is 0.491 e. The van der Waals surface area contributed by atoms with Gasteiger partial charge in [-0.2, -0.15) is 13.2 Å². The lowest BCUT2D eigenvalue weighted by molar-refractivity contribution is -0.139. The molecule has 6 heteroatoms. The van der Waals surface area contributed by atoms with E-state index >= 15 is 0 Å². The predicted octanol–water partition coefficient (Wildman–Crippen LogP) is 3.62. The van der Waals surface area contributed by atoms with Crippen LogP contribution in [0.1, 0.15) is 31.9 Å². The van der Waals surface area contributed by atoms with Crippen LogP contribution in [-0.4, -0.2) is 25.9 Å². The Balaban J connectivity index is 2.82. The molecule has 0 heterocycles. The molecule has 0 aliphatic heterocycles. The molecule has 0 saturated carbocycles. The lowest BCUT2D eigenvalue weighted by Crippen LogP contribution is -2.22. The molecule has 0 amide bonds. The highest BCUT2D eigenvalue weighted by molar-refractivity contribution is 5.39. The topological polar surface area (TPSA) is 30.5 Å². The van der Waals surface area contributed by atoms with Crippen LogP contribution in [0.3, 0.4) is 0 Å². The van der Waals surface area contributed by atoms with Crippen LogP contribution in [0.5, 0.6) is 5.75 Å². The number of hydrogen-bond acceptors (Lipinski definition) is 3. The van der Waals surface area contributed by atoms with Crippen molar-refractivity contribution in [3.8, 4) is 5.75 Å². The third kappa shape index (κ3) is 6.35. The summed E-state index contributed by atoms with van der Waals surface area (Å²) in [5, 5.41) is 3.09. The molecule has 0 fully saturated rings. The van der Waals surface area contributed by atoms with E-state index in [0.29, 0.717) is 18.7 Å². The molecule has 1 aromatic carbocycles. The van der Waals surface area contributed by atoms with Crippen molar-refractivity contribution in [2.24, 2.45) is 0 Å². The van der Waals surface area contributed by atoms with Gasteiger partial charge in [0.2, 0.25) is 0 Å². The summed E-state index contributed by atoms with van der Waals surface area (Å²) in [7, 11) is 0. The van der Waals surface area contributed by atoms with E-state index in [9.17, 15) is 13.2 Å².